The van der Waals surface area contributed by atoms with Gasteiger partial charge >= 0.3 is 6.18 Å². The molecule has 1 aliphatic heterocycles. The molecule has 1 aromatic heterocycles. The third-order valence-electron chi connectivity index (χ3n) is 6.55. The molecule has 5 rings (SSSR count). The minimum atomic E-state index is -4.55. The monoisotopic (exact) mass is 483 g/mol. The molecule has 9 heteroatoms. The fourth-order valence-electron chi connectivity index (χ4n) is 4.75. The Labute approximate surface area is 200 Å². The number of anilines is 2. The Hall–Kier alpha value is -3.49. The molecule has 35 heavy (non-hydrogen) atoms. The van der Waals surface area contributed by atoms with E-state index in [1.165, 1.54) is 24.3 Å². The van der Waals surface area contributed by atoms with Gasteiger partial charge in [0.15, 0.2) is 5.82 Å². The van der Waals surface area contributed by atoms with Gasteiger partial charge in [-0.1, -0.05) is 37.5 Å². The molecule has 0 bridgehead atoms. The number of benzene rings is 2. The lowest BCUT2D eigenvalue weighted by atomic mass is 9.88. The lowest BCUT2D eigenvalue weighted by Crippen LogP contribution is -2.19. The van der Waals surface area contributed by atoms with Crippen LogP contribution in [0.2, 0.25) is 0 Å². The number of hydrogen-bond donors (Lipinski definition) is 2. The van der Waals surface area contributed by atoms with Crippen molar-refractivity contribution in [1.29, 1.82) is 0 Å². The van der Waals surface area contributed by atoms with Gasteiger partial charge in [0.05, 0.1) is 11.3 Å². The van der Waals surface area contributed by atoms with Gasteiger partial charge in [-0.3, -0.25) is 0 Å². The summed E-state index contributed by atoms with van der Waals surface area (Å²) in [5.74, 6) is 0.275. The molecule has 0 amide bonds. The Morgan fingerprint density at radius 1 is 0.943 bits per heavy atom. The highest BCUT2D eigenvalue weighted by atomic mass is 19.4. The first-order chi connectivity index (χ1) is 16.8. The molecule has 0 spiro atoms. The third kappa shape index (κ3) is 4.85. The summed E-state index contributed by atoms with van der Waals surface area (Å²) < 4.78 is 55.4. The molecule has 2 N–H and O–H groups in total. The Bertz CT molecular complexity index is 1280. The first kappa shape index (κ1) is 23.3. The Kier molecular flexibility index (Phi) is 6.17. The van der Waals surface area contributed by atoms with E-state index in [2.05, 4.69) is 25.6 Å². The van der Waals surface area contributed by atoms with Crippen LogP contribution in [0.5, 0.6) is 0 Å². The third-order valence-corrected chi connectivity index (χ3v) is 6.55. The van der Waals surface area contributed by atoms with Gasteiger partial charge in [0.25, 0.3) is 0 Å². The normalized spacial score (nSPS) is 16.6. The van der Waals surface area contributed by atoms with Crippen molar-refractivity contribution >= 4 is 17.3 Å². The summed E-state index contributed by atoms with van der Waals surface area (Å²) in [7, 11) is 0. The minimum absolute atomic E-state index is 0.0253. The van der Waals surface area contributed by atoms with Crippen LogP contribution < -0.4 is 10.6 Å². The van der Waals surface area contributed by atoms with Crippen molar-refractivity contribution in [2.45, 2.75) is 51.1 Å². The van der Waals surface area contributed by atoms with Gasteiger partial charge in [0, 0.05) is 29.3 Å². The van der Waals surface area contributed by atoms with Crippen molar-refractivity contribution in [1.82, 2.24) is 15.0 Å². The molecule has 2 aliphatic rings. The van der Waals surface area contributed by atoms with Crippen LogP contribution in [-0.2, 0) is 6.18 Å². The molecular weight excluding hydrogens is 458 g/mol. The maximum absolute atomic E-state index is 14.1. The van der Waals surface area contributed by atoms with E-state index < -0.39 is 17.6 Å². The van der Waals surface area contributed by atoms with Gasteiger partial charge in [0.2, 0.25) is 5.95 Å². The predicted molar refractivity (Wildman–Crippen MR) is 127 cm³/mol. The zero-order valence-electron chi connectivity index (χ0n) is 19.2. The van der Waals surface area contributed by atoms with Crippen molar-refractivity contribution in [2.24, 2.45) is 0 Å². The van der Waals surface area contributed by atoms with E-state index >= 15 is 0 Å². The molecule has 5 nitrogen and oxygen atoms in total. The molecule has 3 aromatic rings. The zero-order valence-corrected chi connectivity index (χ0v) is 19.2. The van der Waals surface area contributed by atoms with Crippen LogP contribution in [0.15, 0.2) is 48.0 Å². The van der Waals surface area contributed by atoms with Gasteiger partial charge in [-0.25, -0.2) is 9.37 Å². The highest BCUT2D eigenvalue weighted by Gasteiger charge is 2.34. The van der Waals surface area contributed by atoms with Crippen molar-refractivity contribution < 1.29 is 17.6 Å². The average molecular weight is 484 g/mol. The fourth-order valence-corrected chi connectivity index (χ4v) is 4.75. The van der Waals surface area contributed by atoms with Crippen LogP contribution in [0.3, 0.4) is 0 Å². The Morgan fingerprint density at radius 2 is 1.71 bits per heavy atom. The summed E-state index contributed by atoms with van der Waals surface area (Å²) in [6.45, 7) is 2.43. The van der Waals surface area contributed by atoms with E-state index in [9.17, 15) is 17.6 Å². The maximum atomic E-state index is 14.1. The summed E-state index contributed by atoms with van der Waals surface area (Å²) in [4.78, 5) is 13.6. The van der Waals surface area contributed by atoms with Crippen molar-refractivity contribution in [2.75, 3.05) is 17.2 Å². The summed E-state index contributed by atoms with van der Waals surface area (Å²) >= 11 is 0. The number of fused-ring (bicyclic) bond motifs is 1. The van der Waals surface area contributed by atoms with Gasteiger partial charge < -0.3 is 10.6 Å². The van der Waals surface area contributed by atoms with Crippen LogP contribution in [0.1, 0.15) is 61.9 Å². The van der Waals surface area contributed by atoms with Crippen LogP contribution in [0, 0.1) is 5.82 Å². The molecular formula is C26H25F4N5. The van der Waals surface area contributed by atoms with E-state index in [1.54, 1.807) is 12.1 Å². The number of aromatic nitrogens is 3. The Morgan fingerprint density at radius 3 is 2.49 bits per heavy atom. The second-order valence-electron chi connectivity index (χ2n) is 9.04. The molecule has 2 aromatic carbocycles. The molecule has 1 saturated carbocycles. The molecule has 0 unspecified atom stereocenters. The number of nitrogens with zero attached hydrogens (tertiary/aromatic N) is 3. The predicted octanol–water partition coefficient (Wildman–Crippen LogP) is 7.01. The highest BCUT2D eigenvalue weighted by Crippen LogP contribution is 2.38. The van der Waals surface area contributed by atoms with E-state index in [0.717, 1.165) is 49.4 Å². The maximum Gasteiger partial charge on any atom is 0.417 e. The van der Waals surface area contributed by atoms with Crippen molar-refractivity contribution in [3.63, 3.8) is 0 Å². The lowest BCUT2D eigenvalue weighted by Gasteiger charge is -2.25. The van der Waals surface area contributed by atoms with Crippen molar-refractivity contribution in [3.8, 4) is 11.4 Å². The van der Waals surface area contributed by atoms with Gasteiger partial charge in [-0.15, -0.1) is 0 Å². The molecule has 0 atom stereocenters. The Balaban J connectivity index is 1.62. The molecule has 0 radical (unpaired) electrons. The number of halogens is 4. The summed E-state index contributed by atoms with van der Waals surface area (Å²) in [6.07, 6.45) is 0.379. The first-order valence-corrected chi connectivity index (χ1v) is 11.7. The van der Waals surface area contributed by atoms with E-state index in [0.29, 0.717) is 23.6 Å². The largest absolute Gasteiger partial charge is 0.417 e. The summed E-state index contributed by atoms with van der Waals surface area (Å²) in [5.41, 5.74) is 2.02. The van der Waals surface area contributed by atoms with Gasteiger partial charge in [-0.2, -0.15) is 23.1 Å². The van der Waals surface area contributed by atoms with Gasteiger partial charge in [-0.05, 0) is 49.6 Å². The van der Waals surface area contributed by atoms with Gasteiger partial charge in [0.1, 0.15) is 11.6 Å². The number of nitrogens with one attached hydrogen (secondary N) is 2. The van der Waals surface area contributed by atoms with Crippen LogP contribution in [0.25, 0.3) is 17.1 Å². The topological polar surface area (TPSA) is 62.7 Å². The highest BCUT2D eigenvalue weighted by molar-refractivity contribution is 5.86. The van der Waals surface area contributed by atoms with Crippen molar-refractivity contribution in [3.05, 3.63) is 70.8 Å². The second kappa shape index (κ2) is 9.28. The summed E-state index contributed by atoms with van der Waals surface area (Å²) in [5, 5.41) is 6.43. The molecule has 182 valence electrons. The molecule has 2 heterocycles. The second-order valence-corrected chi connectivity index (χ2v) is 9.04. The standard InChI is InChI=1S/C26H25F4N5/c1-15-14-31-21-12-11-17(27)13-19(21)22(15)32-25-34-23(16-7-3-2-4-8-16)33-24(35-25)18-9-5-6-10-20(18)26(28,29)30/h5-6,9-13,16,31H,2-4,7-8,14H2,1H3,(H,32,33,34,35). The summed E-state index contributed by atoms with van der Waals surface area (Å²) in [6, 6.07) is 9.75. The smallest absolute Gasteiger partial charge is 0.381 e. The number of alkyl halides is 3. The molecule has 0 saturated heterocycles. The zero-order chi connectivity index (χ0) is 24.6. The SMILES string of the molecule is CC1=C(Nc2nc(-c3ccccc3C(F)(F)F)nc(C3CCCCC3)n2)c2cc(F)ccc2NC1. The van der Waals surface area contributed by atoms with E-state index in [1.807, 2.05) is 6.92 Å². The van der Waals surface area contributed by atoms with E-state index in [-0.39, 0.29) is 23.3 Å². The fraction of sp³-hybridized carbons (Fsp3) is 0.346. The minimum Gasteiger partial charge on any atom is -0.381 e. The van der Waals surface area contributed by atoms with Crippen LogP contribution in [-0.4, -0.2) is 21.5 Å². The quantitative estimate of drug-likeness (QED) is 0.391. The molecule has 1 fully saturated rings. The molecule has 1 aliphatic carbocycles. The average Bonchev–Trinajstić information content (AvgIpc) is 2.86. The lowest BCUT2D eigenvalue weighted by molar-refractivity contribution is -0.137. The number of rotatable bonds is 4. The first-order valence-electron chi connectivity index (χ1n) is 11.7. The number of hydrogen-bond acceptors (Lipinski definition) is 5. The van der Waals surface area contributed by atoms with Crippen LogP contribution >= 0.6 is 0 Å². The van der Waals surface area contributed by atoms with E-state index in [4.69, 9.17) is 0 Å². The van der Waals surface area contributed by atoms with Crippen LogP contribution in [0.4, 0.5) is 29.2 Å².